The molecule has 3 aromatic rings. The second-order valence-electron chi connectivity index (χ2n) is 5.30. The van der Waals surface area contributed by atoms with Crippen molar-refractivity contribution in [1.29, 1.82) is 0 Å². The molecule has 0 N–H and O–H groups in total. The number of rotatable bonds is 4. The van der Waals surface area contributed by atoms with Gasteiger partial charge in [0.05, 0.1) is 0 Å². The van der Waals surface area contributed by atoms with Gasteiger partial charge in [0.25, 0.3) is 0 Å². The van der Waals surface area contributed by atoms with Crippen LogP contribution in [0.5, 0.6) is 0 Å². The topological polar surface area (TPSA) is 43.6 Å². The minimum atomic E-state index is 0.795. The molecule has 0 aliphatic heterocycles. The monoisotopic (exact) mass is 310 g/mol. The quantitative estimate of drug-likeness (QED) is 0.688. The van der Waals surface area contributed by atoms with Gasteiger partial charge in [0, 0.05) is 19.0 Å². The van der Waals surface area contributed by atoms with Crippen molar-refractivity contribution in [2.24, 2.45) is 7.05 Å². The summed E-state index contributed by atoms with van der Waals surface area (Å²) in [6.45, 7) is 4.26. The van der Waals surface area contributed by atoms with Gasteiger partial charge in [-0.2, -0.15) is 0 Å². The molecule has 4 nitrogen and oxygen atoms in total. The summed E-state index contributed by atoms with van der Waals surface area (Å²) in [7, 11) is 1.98. The van der Waals surface area contributed by atoms with E-state index in [4.69, 9.17) is 0 Å². The lowest BCUT2D eigenvalue weighted by molar-refractivity contribution is 0.792. The molecular weight excluding hydrogens is 292 g/mol. The molecule has 0 radical (unpaired) electrons. The number of aryl methyl sites for hydroxylation is 2. The van der Waals surface area contributed by atoms with Crippen LogP contribution in [0.15, 0.2) is 47.8 Å². The fourth-order valence-corrected chi connectivity index (χ4v) is 3.23. The van der Waals surface area contributed by atoms with Gasteiger partial charge < -0.3 is 4.57 Å². The first-order chi connectivity index (χ1) is 10.6. The highest BCUT2D eigenvalue weighted by atomic mass is 32.2. The standard InChI is InChI=1S/C17H18N4S/c1-12-7-8-13(2)14(10-12)11-22-17-20-19-16(21(17)3)15-6-4-5-9-18-15/h4-10H,11H2,1-3H3. The van der Waals surface area contributed by atoms with Crippen LogP contribution < -0.4 is 0 Å². The third-order valence-electron chi connectivity index (χ3n) is 3.59. The van der Waals surface area contributed by atoms with Crippen molar-refractivity contribution in [3.05, 3.63) is 59.3 Å². The first-order valence-corrected chi connectivity index (χ1v) is 8.13. The highest BCUT2D eigenvalue weighted by molar-refractivity contribution is 7.98. The van der Waals surface area contributed by atoms with Crippen LogP contribution in [0.2, 0.25) is 0 Å². The zero-order valence-corrected chi connectivity index (χ0v) is 13.8. The molecule has 1 aromatic carbocycles. The Labute approximate surface area is 134 Å². The molecule has 112 valence electrons. The molecule has 2 aromatic heterocycles. The highest BCUT2D eigenvalue weighted by Crippen LogP contribution is 2.25. The first-order valence-electron chi connectivity index (χ1n) is 7.15. The summed E-state index contributed by atoms with van der Waals surface area (Å²) >= 11 is 1.70. The van der Waals surface area contributed by atoms with Crippen LogP contribution in [0.25, 0.3) is 11.5 Å². The molecule has 3 rings (SSSR count). The second-order valence-corrected chi connectivity index (χ2v) is 6.24. The lowest BCUT2D eigenvalue weighted by Gasteiger charge is -2.07. The lowest BCUT2D eigenvalue weighted by Crippen LogP contribution is -1.96. The summed E-state index contributed by atoms with van der Waals surface area (Å²) in [4.78, 5) is 4.33. The molecule has 0 saturated carbocycles. The third-order valence-corrected chi connectivity index (χ3v) is 4.66. The van der Waals surface area contributed by atoms with Gasteiger partial charge in [0.1, 0.15) is 5.69 Å². The Morgan fingerprint density at radius 2 is 1.95 bits per heavy atom. The molecule has 2 heterocycles. The number of nitrogens with zero attached hydrogens (tertiary/aromatic N) is 4. The Hall–Kier alpha value is -2.14. The molecule has 5 heteroatoms. The largest absolute Gasteiger partial charge is 0.304 e. The average molecular weight is 310 g/mol. The lowest BCUT2D eigenvalue weighted by atomic mass is 10.1. The van der Waals surface area contributed by atoms with E-state index in [9.17, 15) is 0 Å². The predicted octanol–water partition coefficient (Wildman–Crippen LogP) is 3.79. The molecule has 0 fully saturated rings. The Bertz CT molecular complexity index is 781. The normalized spacial score (nSPS) is 10.9. The number of pyridine rings is 1. The number of thioether (sulfide) groups is 1. The van der Waals surface area contributed by atoms with Crippen LogP contribution in [-0.4, -0.2) is 19.7 Å². The Kier molecular flexibility index (Phi) is 4.24. The predicted molar refractivity (Wildman–Crippen MR) is 89.7 cm³/mol. The van der Waals surface area contributed by atoms with Crippen molar-refractivity contribution in [1.82, 2.24) is 19.7 Å². The van der Waals surface area contributed by atoms with E-state index in [1.54, 1.807) is 18.0 Å². The van der Waals surface area contributed by atoms with E-state index in [1.807, 2.05) is 29.8 Å². The van der Waals surface area contributed by atoms with Crippen molar-refractivity contribution in [2.75, 3.05) is 0 Å². The van der Waals surface area contributed by atoms with Crippen molar-refractivity contribution < 1.29 is 0 Å². The SMILES string of the molecule is Cc1ccc(C)c(CSc2nnc(-c3ccccn3)n2C)c1. The van der Waals surface area contributed by atoms with Crippen molar-refractivity contribution >= 4 is 11.8 Å². The summed E-state index contributed by atoms with van der Waals surface area (Å²) in [5, 5.41) is 9.47. The van der Waals surface area contributed by atoms with Crippen molar-refractivity contribution in [3.63, 3.8) is 0 Å². The molecule has 0 spiro atoms. The van der Waals surface area contributed by atoms with Gasteiger partial charge in [-0.1, -0.05) is 41.6 Å². The van der Waals surface area contributed by atoms with Crippen molar-refractivity contribution in [2.45, 2.75) is 24.8 Å². The fourth-order valence-electron chi connectivity index (χ4n) is 2.26. The van der Waals surface area contributed by atoms with E-state index in [0.717, 1.165) is 22.4 Å². The van der Waals surface area contributed by atoms with Gasteiger partial charge in [-0.25, -0.2) is 0 Å². The minimum absolute atomic E-state index is 0.795. The molecule has 0 saturated heterocycles. The molecule has 0 atom stereocenters. The Morgan fingerprint density at radius 1 is 1.09 bits per heavy atom. The van der Waals surface area contributed by atoms with E-state index in [1.165, 1.54) is 16.7 Å². The molecule has 0 bridgehead atoms. The molecular formula is C17H18N4S. The molecule has 0 amide bonds. The molecule has 0 unspecified atom stereocenters. The summed E-state index contributed by atoms with van der Waals surface area (Å²) in [5.74, 6) is 1.69. The van der Waals surface area contributed by atoms with Gasteiger partial charge in [-0.3, -0.25) is 4.98 Å². The van der Waals surface area contributed by atoms with E-state index < -0.39 is 0 Å². The molecule has 22 heavy (non-hydrogen) atoms. The molecule has 0 aliphatic carbocycles. The van der Waals surface area contributed by atoms with Crippen molar-refractivity contribution in [3.8, 4) is 11.5 Å². The molecule has 0 aliphatic rings. The van der Waals surface area contributed by atoms with Crippen LogP contribution in [0.4, 0.5) is 0 Å². The maximum absolute atomic E-state index is 4.33. The van der Waals surface area contributed by atoms with E-state index in [2.05, 4.69) is 47.2 Å². The van der Waals surface area contributed by atoms with Crippen LogP contribution in [0.1, 0.15) is 16.7 Å². The average Bonchev–Trinajstić information content (AvgIpc) is 2.90. The summed E-state index contributed by atoms with van der Waals surface area (Å²) in [6, 6.07) is 12.4. The van der Waals surface area contributed by atoms with Gasteiger partial charge in [-0.05, 0) is 37.1 Å². The number of benzene rings is 1. The second kappa shape index (κ2) is 6.32. The van der Waals surface area contributed by atoms with Crippen LogP contribution in [0, 0.1) is 13.8 Å². The number of hydrogen-bond donors (Lipinski definition) is 0. The zero-order valence-electron chi connectivity index (χ0n) is 12.9. The summed E-state index contributed by atoms with van der Waals surface area (Å²) in [5.41, 5.74) is 4.78. The van der Waals surface area contributed by atoms with Gasteiger partial charge >= 0.3 is 0 Å². The van der Waals surface area contributed by atoms with Crippen LogP contribution in [0.3, 0.4) is 0 Å². The Balaban J connectivity index is 1.80. The van der Waals surface area contributed by atoms with Crippen LogP contribution >= 0.6 is 11.8 Å². The number of aromatic nitrogens is 4. The maximum Gasteiger partial charge on any atom is 0.191 e. The Morgan fingerprint density at radius 3 is 2.73 bits per heavy atom. The van der Waals surface area contributed by atoms with Gasteiger partial charge in [0.2, 0.25) is 0 Å². The van der Waals surface area contributed by atoms with Crippen LogP contribution in [-0.2, 0) is 12.8 Å². The summed E-state index contributed by atoms with van der Waals surface area (Å²) < 4.78 is 2.00. The van der Waals surface area contributed by atoms with E-state index in [0.29, 0.717) is 0 Å². The maximum atomic E-state index is 4.33. The minimum Gasteiger partial charge on any atom is -0.304 e. The van der Waals surface area contributed by atoms with E-state index in [-0.39, 0.29) is 0 Å². The summed E-state index contributed by atoms with van der Waals surface area (Å²) in [6.07, 6.45) is 1.77. The third kappa shape index (κ3) is 3.04. The van der Waals surface area contributed by atoms with Gasteiger partial charge in [-0.15, -0.1) is 10.2 Å². The van der Waals surface area contributed by atoms with Gasteiger partial charge in [0.15, 0.2) is 11.0 Å². The number of hydrogen-bond acceptors (Lipinski definition) is 4. The fraction of sp³-hybridized carbons (Fsp3) is 0.235. The highest BCUT2D eigenvalue weighted by Gasteiger charge is 2.12. The first kappa shape index (κ1) is 14.8. The zero-order chi connectivity index (χ0) is 15.5. The van der Waals surface area contributed by atoms with E-state index >= 15 is 0 Å². The smallest absolute Gasteiger partial charge is 0.191 e.